The van der Waals surface area contributed by atoms with Crippen LogP contribution in [0.4, 0.5) is 0 Å². The van der Waals surface area contributed by atoms with Crippen molar-refractivity contribution in [2.75, 3.05) is 13.7 Å². The number of hydrogen-bond acceptors (Lipinski definition) is 8. The number of hydrazine groups is 1. The number of ether oxygens (including phenoxy) is 2. The first-order chi connectivity index (χ1) is 19.8. The van der Waals surface area contributed by atoms with E-state index in [1.54, 1.807) is 46.9 Å². The lowest BCUT2D eigenvalue weighted by atomic mass is 9.89. The van der Waals surface area contributed by atoms with Crippen molar-refractivity contribution in [1.82, 2.24) is 26.1 Å². The van der Waals surface area contributed by atoms with Gasteiger partial charge in [-0.1, -0.05) is 32.1 Å². The zero-order chi connectivity index (χ0) is 30.8. The van der Waals surface area contributed by atoms with E-state index in [0.717, 1.165) is 10.9 Å². The average Bonchev–Trinajstić information content (AvgIpc) is 2.96. The topological polar surface area (TPSA) is 139 Å². The molecule has 4 atom stereocenters. The molecule has 1 saturated heterocycles. The monoisotopic (exact) mass is 579 g/mol. The van der Waals surface area contributed by atoms with Gasteiger partial charge >= 0.3 is 5.97 Å². The molecule has 1 aromatic carbocycles. The maximum atomic E-state index is 13.4. The molecule has 11 heteroatoms. The quantitative estimate of drug-likeness (QED) is 0.462. The van der Waals surface area contributed by atoms with E-state index in [1.807, 2.05) is 38.1 Å². The van der Waals surface area contributed by atoms with Crippen molar-refractivity contribution in [3.8, 4) is 5.75 Å². The summed E-state index contributed by atoms with van der Waals surface area (Å²) in [7, 11) is 1.57. The number of nitrogens with zero attached hydrogens (tertiary/aromatic N) is 2. The number of aromatic nitrogens is 1. The SMILES string of the molecule is COc1cc2nc3cc(ccc13)/C=C/C(C)(C)C(=O)N[C@@H](C(C)C)C(=O)N[C@@H](C)C(=O)N1CCC[C@H](N1)C(=O)O[C@@H]2C. The Bertz CT molecular complexity index is 1400. The Balaban J connectivity index is 1.75. The molecule has 3 amide bonds. The summed E-state index contributed by atoms with van der Waals surface area (Å²) in [5.74, 6) is -1.34. The fourth-order valence-corrected chi connectivity index (χ4v) is 4.99. The Morgan fingerprint density at radius 3 is 2.52 bits per heavy atom. The van der Waals surface area contributed by atoms with Gasteiger partial charge in [0, 0.05) is 18.0 Å². The van der Waals surface area contributed by atoms with Crippen LogP contribution in [0.1, 0.15) is 71.7 Å². The second kappa shape index (κ2) is 12.5. The van der Waals surface area contributed by atoms with Gasteiger partial charge < -0.3 is 20.1 Å². The maximum absolute atomic E-state index is 13.4. The van der Waals surface area contributed by atoms with E-state index in [2.05, 4.69) is 16.1 Å². The summed E-state index contributed by atoms with van der Waals surface area (Å²) >= 11 is 0. The van der Waals surface area contributed by atoms with Crippen LogP contribution in [0.3, 0.4) is 0 Å². The van der Waals surface area contributed by atoms with Crippen molar-refractivity contribution in [3.05, 3.63) is 41.6 Å². The number of benzene rings is 1. The van der Waals surface area contributed by atoms with Gasteiger partial charge in [-0.3, -0.25) is 24.2 Å². The van der Waals surface area contributed by atoms with Gasteiger partial charge in [-0.05, 0) is 64.2 Å². The first kappa shape index (κ1) is 31.0. The molecule has 0 aliphatic carbocycles. The van der Waals surface area contributed by atoms with Gasteiger partial charge in [0.25, 0.3) is 5.91 Å². The molecule has 3 heterocycles. The molecule has 0 spiro atoms. The number of nitrogens with one attached hydrogen (secondary N) is 3. The number of pyridine rings is 1. The van der Waals surface area contributed by atoms with Crippen LogP contribution < -0.4 is 20.8 Å². The van der Waals surface area contributed by atoms with Crippen molar-refractivity contribution >= 4 is 40.7 Å². The van der Waals surface area contributed by atoms with Gasteiger partial charge in [0.1, 0.15) is 30.0 Å². The zero-order valence-electron chi connectivity index (χ0n) is 25.3. The lowest BCUT2D eigenvalue weighted by Crippen LogP contribution is -2.61. The molecule has 1 fully saturated rings. The van der Waals surface area contributed by atoms with Crippen molar-refractivity contribution in [2.45, 2.75) is 78.6 Å². The Morgan fingerprint density at radius 2 is 1.83 bits per heavy atom. The molecule has 2 aliphatic heterocycles. The van der Waals surface area contributed by atoms with E-state index in [4.69, 9.17) is 14.5 Å². The lowest BCUT2D eigenvalue weighted by Gasteiger charge is -2.35. The van der Waals surface area contributed by atoms with Gasteiger partial charge in [-0.25, -0.2) is 10.4 Å². The van der Waals surface area contributed by atoms with E-state index in [9.17, 15) is 19.2 Å². The highest BCUT2D eigenvalue weighted by Crippen LogP contribution is 2.31. The summed E-state index contributed by atoms with van der Waals surface area (Å²) < 4.78 is 11.4. The number of fused-ring (bicyclic) bond motifs is 4. The predicted molar refractivity (Wildman–Crippen MR) is 158 cm³/mol. The number of rotatable bonds is 2. The lowest BCUT2D eigenvalue weighted by molar-refractivity contribution is -0.157. The second-order valence-corrected chi connectivity index (χ2v) is 11.9. The Morgan fingerprint density at radius 1 is 1.10 bits per heavy atom. The van der Waals surface area contributed by atoms with Crippen molar-refractivity contribution in [3.63, 3.8) is 0 Å². The molecule has 42 heavy (non-hydrogen) atoms. The average molecular weight is 580 g/mol. The highest BCUT2D eigenvalue weighted by atomic mass is 16.5. The molecule has 0 unspecified atom stereocenters. The molecule has 0 radical (unpaired) electrons. The van der Waals surface area contributed by atoms with E-state index in [-0.39, 0.29) is 11.8 Å². The van der Waals surface area contributed by atoms with Crippen molar-refractivity contribution in [1.29, 1.82) is 0 Å². The van der Waals surface area contributed by atoms with Crippen LogP contribution in [0.2, 0.25) is 0 Å². The van der Waals surface area contributed by atoms with Crippen molar-refractivity contribution in [2.24, 2.45) is 11.3 Å². The minimum atomic E-state index is -0.953. The summed E-state index contributed by atoms with van der Waals surface area (Å²) in [6.45, 7) is 10.9. The van der Waals surface area contributed by atoms with Crippen LogP contribution >= 0.6 is 0 Å². The maximum Gasteiger partial charge on any atom is 0.325 e. The summed E-state index contributed by atoms with van der Waals surface area (Å²) in [6.07, 6.45) is 3.98. The third-order valence-corrected chi connectivity index (χ3v) is 7.72. The number of cyclic esters (lactones) is 1. The summed E-state index contributed by atoms with van der Waals surface area (Å²) in [6, 6.07) is 4.92. The van der Waals surface area contributed by atoms with Crippen LogP contribution in [-0.2, 0) is 23.9 Å². The molecule has 11 nitrogen and oxygen atoms in total. The fourth-order valence-electron chi connectivity index (χ4n) is 4.99. The largest absolute Gasteiger partial charge is 0.496 e. The normalized spacial score (nSPS) is 26.4. The minimum absolute atomic E-state index is 0.234. The zero-order valence-corrected chi connectivity index (χ0v) is 25.3. The van der Waals surface area contributed by atoms with Gasteiger partial charge in [-0.2, -0.15) is 0 Å². The molecule has 1 aromatic heterocycles. The van der Waals surface area contributed by atoms with E-state index >= 15 is 0 Å². The smallest absolute Gasteiger partial charge is 0.325 e. The number of methoxy groups -OCH3 is 1. The number of esters is 1. The molecule has 226 valence electrons. The molecule has 2 aliphatic rings. The first-order valence-corrected chi connectivity index (χ1v) is 14.4. The summed E-state index contributed by atoms with van der Waals surface area (Å²) in [4.78, 5) is 57.8. The van der Waals surface area contributed by atoms with E-state index < -0.39 is 47.4 Å². The summed E-state index contributed by atoms with van der Waals surface area (Å²) in [5, 5.41) is 7.75. The molecular formula is C31H41N5O6. The van der Waals surface area contributed by atoms with Gasteiger partial charge in [0.15, 0.2) is 0 Å². The number of amides is 3. The second-order valence-electron chi connectivity index (χ2n) is 11.9. The molecule has 5 bridgehead atoms. The van der Waals surface area contributed by atoms with Gasteiger partial charge in [0.05, 0.1) is 23.7 Å². The van der Waals surface area contributed by atoms with Crippen LogP contribution in [0.25, 0.3) is 17.0 Å². The molecular weight excluding hydrogens is 538 g/mol. The third-order valence-electron chi connectivity index (χ3n) is 7.72. The standard InChI is InChI=1S/C31H41N5O6/c1-17(2)26-27(37)32-18(3)28(38)36-14-8-9-22(35-36)29(39)42-19(4)23-16-25(41-7)21-11-10-20(15-24(21)33-23)12-13-31(5,6)30(40)34-26/h10-13,15-19,22,26,35H,8-9,14H2,1-7H3,(H,32,37)(H,34,40)/b13-12+/t18-,19+,22-,26-/m0/s1. The van der Waals surface area contributed by atoms with Crippen molar-refractivity contribution < 1.29 is 28.7 Å². The predicted octanol–water partition coefficient (Wildman–Crippen LogP) is 3.04. The Hall–Kier alpha value is -3.99. The van der Waals surface area contributed by atoms with Crippen LogP contribution in [-0.4, -0.2) is 65.5 Å². The first-order valence-electron chi connectivity index (χ1n) is 14.4. The number of carbonyl (C=O) groups excluding carboxylic acids is 4. The highest BCUT2D eigenvalue weighted by Gasteiger charge is 2.35. The van der Waals surface area contributed by atoms with E-state index in [0.29, 0.717) is 36.3 Å². The molecule has 3 N–H and O–H groups in total. The highest BCUT2D eigenvalue weighted by molar-refractivity contribution is 5.94. The molecule has 2 aromatic rings. The minimum Gasteiger partial charge on any atom is -0.496 e. The Labute approximate surface area is 246 Å². The fraction of sp³-hybridized carbons (Fsp3) is 0.516. The van der Waals surface area contributed by atoms with Crippen LogP contribution in [0, 0.1) is 11.3 Å². The molecule has 4 rings (SSSR count). The Kier molecular flexibility index (Phi) is 9.20. The van der Waals surface area contributed by atoms with Gasteiger partial charge in [0.2, 0.25) is 11.8 Å². The number of hydrogen-bond donors (Lipinski definition) is 3. The number of carbonyl (C=O) groups is 4. The van der Waals surface area contributed by atoms with Crippen LogP contribution in [0.5, 0.6) is 5.75 Å². The van der Waals surface area contributed by atoms with Gasteiger partial charge in [-0.15, -0.1) is 0 Å². The molecule has 0 saturated carbocycles. The van der Waals surface area contributed by atoms with Crippen LogP contribution in [0.15, 0.2) is 30.3 Å². The van der Waals surface area contributed by atoms with E-state index in [1.165, 1.54) is 5.01 Å². The summed E-state index contributed by atoms with van der Waals surface area (Å²) in [5.41, 5.74) is 3.98. The third kappa shape index (κ3) is 6.73.